The predicted octanol–water partition coefficient (Wildman–Crippen LogP) is 4.61. The highest BCUT2D eigenvalue weighted by Gasteiger charge is 2.18. The molecule has 7 nitrogen and oxygen atoms in total. The second-order valence-electron chi connectivity index (χ2n) is 8.68. The molecule has 3 aromatic heterocycles. The summed E-state index contributed by atoms with van der Waals surface area (Å²) in [5.41, 5.74) is 12.2. The number of anilines is 2. The number of nitrogen functional groups attached to an aromatic ring is 1. The van der Waals surface area contributed by atoms with E-state index >= 15 is 0 Å². The molecule has 1 saturated heterocycles. The number of fused-ring (bicyclic) bond motifs is 1. The van der Waals surface area contributed by atoms with Crippen LogP contribution in [0.25, 0.3) is 21.3 Å². The van der Waals surface area contributed by atoms with Gasteiger partial charge in [0.25, 0.3) is 5.91 Å². The molecular weight excluding hydrogens is 444 g/mol. The Morgan fingerprint density at radius 1 is 1.12 bits per heavy atom. The van der Waals surface area contributed by atoms with Gasteiger partial charge in [0.1, 0.15) is 16.0 Å². The number of nitrogens with zero attached hydrogens (tertiary/aromatic N) is 4. The molecule has 4 aromatic rings. The summed E-state index contributed by atoms with van der Waals surface area (Å²) < 4.78 is 0. The number of hydrogen-bond donors (Lipinski definition) is 2. The SMILES string of the molecule is Cc1ccc2c(N)c(C(=O)NCCc3ccc(N4CCCCC4)c(-c4cncnc4)c3)sc2n1. The van der Waals surface area contributed by atoms with Gasteiger partial charge in [0.05, 0.1) is 5.69 Å². The molecule has 3 N–H and O–H groups in total. The third-order valence-corrected chi connectivity index (χ3v) is 7.38. The van der Waals surface area contributed by atoms with Crippen molar-refractivity contribution >= 4 is 38.8 Å². The summed E-state index contributed by atoms with van der Waals surface area (Å²) in [5.74, 6) is -0.153. The van der Waals surface area contributed by atoms with E-state index in [0.29, 0.717) is 17.1 Å². The van der Waals surface area contributed by atoms with Crippen LogP contribution in [0.4, 0.5) is 11.4 Å². The van der Waals surface area contributed by atoms with Gasteiger partial charge in [0, 0.05) is 59.9 Å². The maximum Gasteiger partial charge on any atom is 0.263 e. The normalized spacial score (nSPS) is 13.9. The average Bonchev–Trinajstić information content (AvgIpc) is 3.20. The Bertz CT molecular complexity index is 1310. The fraction of sp³-hybridized carbons (Fsp3) is 0.308. The zero-order chi connectivity index (χ0) is 23.5. The largest absolute Gasteiger partial charge is 0.397 e. The third-order valence-electron chi connectivity index (χ3n) is 6.27. The van der Waals surface area contributed by atoms with Crippen molar-refractivity contribution < 1.29 is 4.79 Å². The van der Waals surface area contributed by atoms with E-state index in [0.717, 1.165) is 52.1 Å². The first kappa shape index (κ1) is 22.3. The van der Waals surface area contributed by atoms with Crippen molar-refractivity contribution in [2.75, 3.05) is 30.3 Å². The molecular formula is C26H28N6OS. The van der Waals surface area contributed by atoms with Gasteiger partial charge >= 0.3 is 0 Å². The minimum absolute atomic E-state index is 0.153. The van der Waals surface area contributed by atoms with Crippen LogP contribution in [0.2, 0.25) is 0 Å². The number of aryl methyl sites for hydroxylation is 1. The van der Waals surface area contributed by atoms with Crippen molar-refractivity contribution in [1.82, 2.24) is 20.3 Å². The number of thiophene rings is 1. The highest BCUT2D eigenvalue weighted by molar-refractivity contribution is 7.21. The smallest absolute Gasteiger partial charge is 0.263 e. The molecule has 0 atom stereocenters. The van der Waals surface area contributed by atoms with E-state index in [4.69, 9.17) is 5.73 Å². The molecule has 1 aliphatic heterocycles. The van der Waals surface area contributed by atoms with Gasteiger partial charge < -0.3 is 16.0 Å². The summed E-state index contributed by atoms with van der Waals surface area (Å²) in [6.45, 7) is 4.59. The molecule has 0 aliphatic carbocycles. The highest BCUT2D eigenvalue weighted by atomic mass is 32.1. The topological polar surface area (TPSA) is 97.0 Å². The first-order chi connectivity index (χ1) is 16.6. The number of carbonyl (C=O) groups excluding carboxylic acids is 1. The van der Waals surface area contributed by atoms with Crippen molar-refractivity contribution in [3.63, 3.8) is 0 Å². The van der Waals surface area contributed by atoms with E-state index in [9.17, 15) is 4.79 Å². The first-order valence-corrected chi connectivity index (χ1v) is 12.5. The Balaban J connectivity index is 1.32. The Hall–Kier alpha value is -3.52. The average molecular weight is 473 g/mol. The van der Waals surface area contributed by atoms with Crippen LogP contribution in [-0.4, -0.2) is 40.5 Å². The zero-order valence-corrected chi connectivity index (χ0v) is 20.1. The lowest BCUT2D eigenvalue weighted by Gasteiger charge is -2.31. The van der Waals surface area contributed by atoms with Crippen LogP contribution >= 0.6 is 11.3 Å². The van der Waals surface area contributed by atoms with Crippen molar-refractivity contribution in [2.45, 2.75) is 32.6 Å². The van der Waals surface area contributed by atoms with Crippen molar-refractivity contribution in [3.8, 4) is 11.1 Å². The minimum Gasteiger partial charge on any atom is -0.397 e. The molecule has 4 heterocycles. The maximum absolute atomic E-state index is 12.8. The third kappa shape index (κ3) is 4.59. The molecule has 0 spiro atoms. The molecule has 34 heavy (non-hydrogen) atoms. The predicted molar refractivity (Wildman–Crippen MR) is 138 cm³/mol. The van der Waals surface area contributed by atoms with Crippen LogP contribution in [0, 0.1) is 6.92 Å². The second-order valence-corrected chi connectivity index (χ2v) is 9.68. The molecule has 0 unspecified atom stereocenters. The lowest BCUT2D eigenvalue weighted by molar-refractivity contribution is 0.0959. The van der Waals surface area contributed by atoms with E-state index in [1.165, 1.54) is 36.3 Å². The van der Waals surface area contributed by atoms with Crippen LogP contribution in [-0.2, 0) is 6.42 Å². The van der Waals surface area contributed by atoms with Crippen LogP contribution in [0.1, 0.15) is 40.2 Å². The van der Waals surface area contributed by atoms with Gasteiger partial charge in [-0.2, -0.15) is 0 Å². The lowest BCUT2D eigenvalue weighted by atomic mass is 9.99. The molecule has 0 saturated carbocycles. The standard InChI is InChI=1S/C26H28N6OS/c1-17-5-7-20-23(27)24(34-26(20)31-17)25(33)30-10-9-18-6-8-22(32-11-3-2-4-12-32)21(13-18)19-14-28-16-29-15-19/h5-8,13-16H,2-4,9-12,27H2,1H3,(H,30,33). The highest BCUT2D eigenvalue weighted by Crippen LogP contribution is 2.34. The van der Waals surface area contributed by atoms with Gasteiger partial charge in [0.15, 0.2) is 0 Å². The molecule has 0 radical (unpaired) electrons. The number of amides is 1. The lowest BCUT2D eigenvalue weighted by Crippen LogP contribution is -2.30. The quantitative estimate of drug-likeness (QED) is 0.425. The van der Waals surface area contributed by atoms with E-state index < -0.39 is 0 Å². The summed E-state index contributed by atoms with van der Waals surface area (Å²) in [5, 5.41) is 3.87. The molecule has 1 fully saturated rings. The van der Waals surface area contributed by atoms with Crippen LogP contribution < -0.4 is 16.0 Å². The Labute approximate surface area is 203 Å². The van der Waals surface area contributed by atoms with Crippen LogP contribution in [0.3, 0.4) is 0 Å². The van der Waals surface area contributed by atoms with Crippen molar-refractivity contribution in [1.29, 1.82) is 0 Å². The van der Waals surface area contributed by atoms with Crippen LogP contribution in [0.5, 0.6) is 0 Å². The summed E-state index contributed by atoms with van der Waals surface area (Å²) in [7, 11) is 0. The van der Waals surface area contributed by atoms with Gasteiger partial charge in [-0.3, -0.25) is 4.79 Å². The van der Waals surface area contributed by atoms with Crippen molar-refractivity contribution in [3.05, 3.63) is 65.2 Å². The number of carbonyl (C=O) groups is 1. The molecule has 1 aromatic carbocycles. The first-order valence-electron chi connectivity index (χ1n) is 11.7. The number of nitrogens with two attached hydrogens (primary N) is 1. The molecule has 5 rings (SSSR count). The second kappa shape index (κ2) is 9.77. The number of pyridine rings is 1. The van der Waals surface area contributed by atoms with E-state index in [-0.39, 0.29) is 5.91 Å². The molecule has 0 bridgehead atoms. The summed E-state index contributed by atoms with van der Waals surface area (Å²) in [6, 6.07) is 10.4. The number of rotatable bonds is 6. The number of benzene rings is 1. The Kier molecular flexibility index (Phi) is 6.40. The number of aromatic nitrogens is 3. The van der Waals surface area contributed by atoms with E-state index in [1.807, 2.05) is 31.5 Å². The van der Waals surface area contributed by atoms with Crippen LogP contribution in [0.15, 0.2) is 49.1 Å². The maximum atomic E-state index is 12.8. The van der Waals surface area contributed by atoms with Gasteiger partial charge in [-0.25, -0.2) is 15.0 Å². The molecule has 1 aliphatic rings. The number of piperidine rings is 1. The van der Waals surface area contributed by atoms with E-state index in [2.05, 4.69) is 43.4 Å². The minimum atomic E-state index is -0.153. The van der Waals surface area contributed by atoms with Gasteiger partial charge in [-0.15, -0.1) is 11.3 Å². The summed E-state index contributed by atoms with van der Waals surface area (Å²) in [4.78, 5) is 29.6. The molecule has 8 heteroatoms. The summed E-state index contributed by atoms with van der Waals surface area (Å²) in [6.07, 6.45) is 9.72. The van der Waals surface area contributed by atoms with Gasteiger partial charge in [-0.05, 0) is 62.4 Å². The zero-order valence-electron chi connectivity index (χ0n) is 19.3. The fourth-order valence-corrected chi connectivity index (χ4v) is 5.53. The number of nitrogens with one attached hydrogen (secondary N) is 1. The van der Waals surface area contributed by atoms with Crippen molar-refractivity contribution in [2.24, 2.45) is 0 Å². The molecule has 1 amide bonds. The Morgan fingerprint density at radius 3 is 2.71 bits per heavy atom. The summed E-state index contributed by atoms with van der Waals surface area (Å²) >= 11 is 1.34. The molecule has 174 valence electrons. The van der Waals surface area contributed by atoms with E-state index in [1.54, 1.807) is 6.33 Å². The number of hydrogen-bond acceptors (Lipinski definition) is 7. The fourth-order valence-electron chi connectivity index (χ4n) is 4.48. The van der Waals surface area contributed by atoms with Gasteiger partial charge in [0.2, 0.25) is 0 Å². The Morgan fingerprint density at radius 2 is 1.91 bits per heavy atom. The monoisotopic (exact) mass is 472 g/mol. The van der Waals surface area contributed by atoms with Gasteiger partial charge in [-0.1, -0.05) is 6.07 Å².